The second kappa shape index (κ2) is 14.6. The van der Waals surface area contributed by atoms with Gasteiger partial charge >= 0.3 is 0 Å². The highest BCUT2D eigenvalue weighted by atomic mass is 19.1. The van der Waals surface area contributed by atoms with Crippen LogP contribution in [0.4, 0.5) is 4.39 Å². The Hall–Kier alpha value is -1.73. The highest BCUT2D eigenvalue weighted by Crippen LogP contribution is 2.18. The summed E-state index contributed by atoms with van der Waals surface area (Å²) < 4.78 is 18.6. The van der Waals surface area contributed by atoms with E-state index in [1.54, 1.807) is 12.1 Å². The fourth-order valence-corrected chi connectivity index (χ4v) is 1.90. The van der Waals surface area contributed by atoms with Crippen molar-refractivity contribution in [2.24, 2.45) is 5.73 Å². The minimum atomic E-state index is -1.02. The van der Waals surface area contributed by atoms with E-state index in [4.69, 9.17) is 15.6 Å². The van der Waals surface area contributed by atoms with Gasteiger partial charge in [0.15, 0.2) is 0 Å². The largest absolute Gasteiger partial charge is 0.489 e. The number of hydrogen-bond acceptors (Lipinski definition) is 5. The zero-order chi connectivity index (χ0) is 19.1. The molecule has 25 heavy (non-hydrogen) atoms. The lowest BCUT2D eigenvalue weighted by Crippen LogP contribution is -2.38. The van der Waals surface area contributed by atoms with E-state index in [-0.39, 0.29) is 13.0 Å². The molecule has 0 fully saturated rings. The summed E-state index contributed by atoms with van der Waals surface area (Å²) in [6.45, 7) is 11.1. The molecule has 0 aromatic heterocycles. The number of nitrogens with two attached hydrogens (primary N) is 1. The summed E-state index contributed by atoms with van der Waals surface area (Å²) >= 11 is 0. The maximum absolute atomic E-state index is 13.3. The van der Waals surface area contributed by atoms with E-state index in [0.717, 1.165) is 13.1 Å². The normalized spacial score (nSPS) is 12.5. The van der Waals surface area contributed by atoms with Gasteiger partial charge in [-0.25, -0.2) is 4.39 Å². The zero-order valence-electron chi connectivity index (χ0n) is 15.0. The molecule has 1 rings (SSSR count). The van der Waals surface area contributed by atoms with E-state index < -0.39 is 24.6 Å². The fraction of sp³-hybridized carbons (Fsp3) is 0.474. The van der Waals surface area contributed by atoms with E-state index in [2.05, 4.69) is 25.4 Å². The van der Waals surface area contributed by atoms with Gasteiger partial charge in [-0.15, -0.1) is 6.58 Å². The first-order chi connectivity index (χ1) is 12.0. The van der Waals surface area contributed by atoms with Gasteiger partial charge in [0.05, 0.1) is 12.7 Å². The molecule has 0 radical (unpaired) electrons. The second-order valence-corrected chi connectivity index (χ2v) is 5.51. The number of halogens is 1. The third kappa shape index (κ3) is 11.4. The van der Waals surface area contributed by atoms with E-state index in [9.17, 15) is 9.50 Å². The van der Waals surface area contributed by atoms with Gasteiger partial charge in [-0.1, -0.05) is 25.7 Å². The number of aliphatic hydroxyl groups is 2. The molecule has 0 aliphatic carbocycles. The van der Waals surface area contributed by atoms with Crippen molar-refractivity contribution in [1.29, 1.82) is 0 Å². The fourth-order valence-electron chi connectivity index (χ4n) is 1.90. The first-order valence-electron chi connectivity index (χ1n) is 8.37. The molecule has 1 aromatic rings. The van der Waals surface area contributed by atoms with Crippen molar-refractivity contribution in [2.75, 3.05) is 26.3 Å². The smallest absolute Gasteiger partial charge is 0.127 e. The summed E-state index contributed by atoms with van der Waals surface area (Å²) in [7, 11) is 0. The van der Waals surface area contributed by atoms with E-state index in [1.807, 2.05) is 6.08 Å². The van der Waals surface area contributed by atoms with Crippen LogP contribution in [0.5, 0.6) is 5.75 Å². The van der Waals surface area contributed by atoms with Crippen LogP contribution in [0.25, 0.3) is 0 Å². The van der Waals surface area contributed by atoms with Crippen molar-refractivity contribution < 1.29 is 19.3 Å². The van der Waals surface area contributed by atoms with Crippen LogP contribution < -0.4 is 15.8 Å². The van der Waals surface area contributed by atoms with Crippen molar-refractivity contribution in [3.8, 4) is 5.75 Å². The summed E-state index contributed by atoms with van der Waals surface area (Å²) in [6.07, 6.45) is 3.87. The number of rotatable bonds is 11. The SMILES string of the molecule is C=CCNCCC.C=CCOc1cc(F)cc(CC(N)C(O)CO)c1. The average Bonchev–Trinajstić information content (AvgIpc) is 2.59. The van der Waals surface area contributed by atoms with Crippen LogP contribution in [0.1, 0.15) is 18.9 Å². The zero-order valence-corrected chi connectivity index (χ0v) is 15.0. The lowest BCUT2D eigenvalue weighted by Gasteiger charge is -2.17. The Morgan fingerprint density at radius 1 is 1.32 bits per heavy atom. The summed E-state index contributed by atoms with van der Waals surface area (Å²) in [4.78, 5) is 0. The maximum Gasteiger partial charge on any atom is 0.127 e. The average molecular weight is 354 g/mol. The molecule has 2 atom stereocenters. The predicted molar refractivity (Wildman–Crippen MR) is 100 cm³/mol. The topological polar surface area (TPSA) is 87.7 Å². The van der Waals surface area contributed by atoms with Crippen LogP contribution in [0.3, 0.4) is 0 Å². The van der Waals surface area contributed by atoms with Gasteiger partial charge in [-0.3, -0.25) is 0 Å². The Labute approximate surface area is 150 Å². The van der Waals surface area contributed by atoms with Gasteiger partial charge in [0.2, 0.25) is 0 Å². The molecule has 0 saturated heterocycles. The van der Waals surface area contributed by atoms with Crippen molar-refractivity contribution in [3.05, 3.63) is 54.9 Å². The van der Waals surface area contributed by atoms with Gasteiger partial charge in [0, 0.05) is 18.7 Å². The molecule has 142 valence electrons. The molecule has 6 heteroatoms. The molecule has 0 aliphatic rings. The molecule has 0 heterocycles. The van der Waals surface area contributed by atoms with Crippen LogP contribution in [-0.4, -0.2) is 48.7 Å². The third-order valence-electron chi connectivity index (χ3n) is 3.17. The highest BCUT2D eigenvalue weighted by molar-refractivity contribution is 5.30. The van der Waals surface area contributed by atoms with Crippen LogP contribution >= 0.6 is 0 Å². The van der Waals surface area contributed by atoms with Gasteiger partial charge in [-0.2, -0.15) is 0 Å². The number of benzene rings is 1. The lowest BCUT2D eigenvalue weighted by atomic mass is 10.0. The van der Waals surface area contributed by atoms with Gasteiger partial charge < -0.3 is 26.0 Å². The molecular weight excluding hydrogens is 323 g/mol. The van der Waals surface area contributed by atoms with Crippen molar-refractivity contribution >= 4 is 0 Å². The molecule has 1 aromatic carbocycles. The van der Waals surface area contributed by atoms with Crippen molar-refractivity contribution in [1.82, 2.24) is 5.32 Å². The maximum atomic E-state index is 13.3. The van der Waals surface area contributed by atoms with E-state index >= 15 is 0 Å². The number of nitrogens with one attached hydrogen (secondary N) is 1. The summed E-state index contributed by atoms with van der Waals surface area (Å²) in [5, 5.41) is 21.3. The standard InChI is InChI=1S/C13H18FNO3.C6H13N/c1-2-3-18-11-5-9(4-10(14)7-11)6-12(15)13(17)8-16;1-3-5-7-6-4-2/h2,4-5,7,12-13,16-17H,1,3,6,8,15H2;3,7H,1,4-6H2,2H3. The molecule has 5 N–H and O–H groups in total. The number of hydrogen-bond donors (Lipinski definition) is 4. The molecule has 0 aliphatic heterocycles. The summed E-state index contributed by atoms with van der Waals surface area (Å²) in [5.74, 6) is -0.0483. The minimum absolute atomic E-state index is 0.254. The highest BCUT2D eigenvalue weighted by Gasteiger charge is 2.15. The molecular formula is C19H31FN2O3. The molecule has 5 nitrogen and oxygen atoms in total. The number of aliphatic hydroxyl groups excluding tert-OH is 2. The lowest BCUT2D eigenvalue weighted by molar-refractivity contribution is 0.0742. The predicted octanol–water partition coefficient (Wildman–Crippen LogP) is 1.79. The van der Waals surface area contributed by atoms with Gasteiger partial charge in [0.25, 0.3) is 0 Å². The quantitative estimate of drug-likeness (QED) is 0.359. The third-order valence-corrected chi connectivity index (χ3v) is 3.17. The molecule has 0 bridgehead atoms. The van der Waals surface area contributed by atoms with Crippen LogP contribution in [0.2, 0.25) is 0 Å². The Kier molecular flexibility index (Phi) is 13.6. The second-order valence-electron chi connectivity index (χ2n) is 5.51. The Morgan fingerprint density at radius 3 is 2.60 bits per heavy atom. The Balaban J connectivity index is 0.000000697. The van der Waals surface area contributed by atoms with E-state index in [1.165, 1.54) is 18.6 Å². The monoisotopic (exact) mass is 354 g/mol. The molecule has 0 saturated carbocycles. The van der Waals surface area contributed by atoms with Crippen molar-refractivity contribution in [3.63, 3.8) is 0 Å². The Morgan fingerprint density at radius 2 is 2.04 bits per heavy atom. The first-order valence-corrected chi connectivity index (χ1v) is 8.37. The first kappa shape index (κ1) is 23.3. The summed E-state index contributed by atoms with van der Waals surface area (Å²) in [6, 6.07) is 3.59. The number of ether oxygens (including phenoxy) is 1. The van der Waals surface area contributed by atoms with Crippen LogP contribution in [0.15, 0.2) is 43.5 Å². The Bertz CT molecular complexity index is 498. The van der Waals surface area contributed by atoms with Gasteiger partial charge in [0.1, 0.15) is 18.2 Å². The van der Waals surface area contributed by atoms with E-state index in [0.29, 0.717) is 11.3 Å². The minimum Gasteiger partial charge on any atom is -0.489 e. The molecule has 2 unspecified atom stereocenters. The van der Waals surface area contributed by atoms with Crippen LogP contribution in [-0.2, 0) is 6.42 Å². The van der Waals surface area contributed by atoms with Crippen LogP contribution in [0, 0.1) is 5.82 Å². The molecule has 0 spiro atoms. The summed E-state index contributed by atoms with van der Waals surface area (Å²) in [5.41, 5.74) is 6.28. The van der Waals surface area contributed by atoms with Gasteiger partial charge in [-0.05, 0) is 37.1 Å². The van der Waals surface area contributed by atoms with Crippen molar-refractivity contribution in [2.45, 2.75) is 31.9 Å². The molecule has 0 amide bonds.